The van der Waals surface area contributed by atoms with Crippen molar-refractivity contribution in [2.24, 2.45) is 5.92 Å². The molecule has 3 N–H and O–H groups in total. The lowest BCUT2D eigenvalue weighted by atomic mass is 10.2. The van der Waals surface area contributed by atoms with E-state index in [1.807, 2.05) is 32.0 Å². The van der Waals surface area contributed by atoms with Crippen LogP contribution >= 0.6 is 0 Å². The average Bonchev–Trinajstić information content (AvgIpc) is 2.79. The van der Waals surface area contributed by atoms with Gasteiger partial charge in [0, 0.05) is 19.6 Å². The summed E-state index contributed by atoms with van der Waals surface area (Å²) >= 11 is 0. The predicted octanol–water partition coefficient (Wildman–Crippen LogP) is 1.28. The topological polar surface area (TPSA) is 78.7 Å². The van der Waals surface area contributed by atoms with Gasteiger partial charge in [0.15, 0.2) is 0 Å². The number of anilines is 2. The van der Waals surface area contributed by atoms with Gasteiger partial charge in [-0.15, -0.1) is 0 Å². The molecule has 1 aromatic rings. The summed E-state index contributed by atoms with van der Waals surface area (Å²) in [6.07, 6.45) is 0. The Hall–Kier alpha value is -2.24. The van der Waals surface area contributed by atoms with E-state index >= 15 is 0 Å². The molecule has 0 aliphatic carbocycles. The van der Waals surface area contributed by atoms with Gasteiger partial charge in [-0.05, 0) is 18.1 Å². The lowest BCUT2D eigenvalue weighted by Gasteiger charge is -2.19. The van der Waals surface area contributed by atoms with Gasteiger partial charge >= 0.3 is 6.03 Å². The summed E-state index contributed by atoms with van der Waals surface area (Å²) in [5, 5.41) is 2.82. The van der Waals surface area contributed by atoms with Crippen LogP contribution in [0.2, 0.25) is 0 Å². The molecule has 0 aromatic heterocycles. The number of nitrogen functional groups attached to an aromatic ring is 1. The Morgan fingerprint density at radius 3 is 2.71 bits per heavy atom. The van der Waals surface area contributed by atoms with Crippen LogP contribution in [0.3, 0.4) is 0 Å². The number of rotatable bonds is 5. The van der Waals surface area contributed by atoms with Crippen LogP contribution in [0.4, 0.5) is 16.2 Å². The standard InChI is InChI=1S/C15H22N4O2/c1-11(2)9-17-14(20)10-18-7-8-19(15(18)21)13-6-4-3-5-12(13)16/h3-6,11H,7-10,16H2,1-2H3,(H,17,20). The molecule has 0 saturated carbocycles. The van der Waals surface area contributed by atoms with Crippen LogP contribution in [-0.2, 0) is 4.79 Å². The molecule has 21 heavy (non-hydrogen) atoms. The van der Waals surface area contributed by atoms with E-state index in [-0.39, 0.29) is 18.5 Å². The summed E-state index contributed by atoms with van der Waals surface area (Å²) in [4.78, 5) is 27.3. The number of nitrogens with one attached hydrogen (secondary N) is 1. The van der Waals surface area contributed by atoms with Crippen molar-refractivity contribution in [1.29, 1.82) is 0 Å². The highest BCUT2D eigenvalue weighted by atomic mass is 16.2. The van der Waals surface area contributed by atoms with Crippen LogP contribution < -0.4 is 16.0 Å². The Bertz CT molecular complexity index is 530. The Labute approximate surface area is 124 Å². The molecule has 0 radical (unpaired) electrons. The minimum Gasteiger partial charge on any atom is -0.397 e. The smallest absolute Gasteiger partial charge is 0.325 e. The Balaban J connectivity index is 1.96. The summed E-state index contributed by atoms with van der Waals surface area (Å²) in [7, 11) is 0. The summed E-state index contributed by atoms with van der Waals surface area (Å²) in [6.45, 7) is 5.85. The van der Waals surface area contributed by atoms with E-state index in [0.717, 1.165) is 0 Å². The normalized spacial score (nSPS) is 14.9. The molecule has 1 aliphatic rings. The van der Waals surface area contributed by atoms with E-state index in [2.05, 4.69) is 5.32 Å². The fraction of sp³-hybridized carbons (Fsp3) is 0.467. The van der Waals surface area contributed by atoms with Crippen molar-refractivity contribution in [3.63, 3.8) is 0 Å². The Morgan fingerprint density at radius 1 is 1.33 bits per heavy atom. The molecule has 114 valence electrons. The largest absolute Gasteiger partial charge is 0.397 e. The number of carbonyl (C=O) groups is 2. The number of hydrogen-bond acceptors (Lipinski definition) is 3. The molecule has 1 saturated heterocycles. The lowest BCUT2D eigenvalue weighted by Crippen LogP contribution is -2.41. The summed E-state index contributed by atoms with van der Waals surface area (Å²) in [5.74, 6) is 0.267. The Morgan fingerprint density at radius 2 is 2.05 bits per heavy atom. The molecular weight excluding hydrogens is 268 g/mol. The van der Waals surface area contributed by atoms with Crippen LogP contribution in [0.1, 0.15) is 13.8 Å². The van der Waals surface area contributed by atoms with E-state index in [1.54, 1.807) is 15.9 Å². The van der Waals surface area contributed by atoms with E-state index in [0.29, 0.717) is 36.9 Å². The fourth-order valence-electron chi connectivity index (χ4n) is 2.23. The van der Waals surface area contributed by atoms with Crippen LogP contribution in [-0.4, -0.2) is 43.0 Å². The first-order chi connectivity index (χ1) is 9.99. The van der Waals surface area contributed by atoms with Crippen molar-refractivity contribution in [1.82, 2.24) is 10.2 Å². The van der Waals surface area contributed by atoms with Crippen molar-refractivity contribution in [3.8, 4) is 0 Å². The van der Waals surface area contributed by atoms with Gasteiger partial charge in [0.2, 0.25) is 5.91 Å². The molecule has 0 unspecified atom stereocenters. The highest BCUT2D eigenvalue weighted by molar-refractivity contribution is 5.98. The van der Waals surface area contributed by atoms with E-state index in [1.165, 1.54) is 0 Å². The number of urea groups is 1. The quantitative estimate of drug-likeness (QED) is 0.802. The van der Waals surface area contributed by atoms with Crippen molar-refractivity contribution < 1.29 is 9.59 Å². The number of nitrogens with two attached hydrogens (primary N) is 1. The van der Waals surface area contributed by atoms with Crippen molar-refractivity contribution in [2.75, 3.05) is 36.8 Å². The molecule has 1 heterocycles. The molecule has 1 aromatic carbocycles. The highest BCUT2D eigenvalue weighted by Crippen LogP contribution is 2.25. The minimum absolute atomic E-state index is 0.0921. The van der Waals surface area contributed by atoms with Crippen LogP contribution in [0, 0.1) is 5.92 Å². The first-order valence-electron chi connectivity index (χ1n) is 7.16. The molecule has 2 rings (SSSR count). The van der Waals surface area contributed by atoms with Gasteiger partial charge in [-0.25, -0.2) is 4.79 Å². The Kier molecular flexibility index (Phi) is 4.67. The van der Waals surface area contributed by atoms with Gasteiger partial charge < -0.3 is 16.0 Å². The maximum atomic E-state index is 12.3. The zero-order chi connectivity index (χ0) is 15.4. The summed E-state index contributed by atoms with van der Waals surface area (Å²) in [5.41, 5.74) is 7.17. The molecule has 6 nitrogen and oxygen atoms in total. The molecule has 0 atom stereocenters. The molecular formula is C15H22N4O2. The molecule has 1 fully saturated rings. The number of nitrogens with zero attached hydrogens (tertiary/aromatic N) is 2. The second-order valence-corrected chi connectivity index (χ2v) is 5.61. The number of para-hydroxylation sites is 2. The molecule has 1 aliphatic heterocycles. The van der Waals surface area contributed by atoms with E-state index in [9.17, 15) is 9.59 Å². The number of benzene rings is 1. The van der Waals surface area contributed by atoms with E-state index < -0.39 is 0 Å². The first-order valence-corrected chi connectivity index (χ1v) is 7.16. The zero-order valence-corrected chi connectivity index (χ0v) is 12.5. The van der Waals surface area contributed by atoms with Crippen molar-refractivity contribution in [3.05, 3.63) is 24.3 Å². The van der Waals surface area contributed by atoms with Gasteiger partial charge in [-0.3, -0.25) is 9.69 Å². The second-order valence-electron chi connectivity index (χ2n) is 5.61. The molecule has 0 bridgehead atoms. The average molecular weight is 290 g/mol. The number of carbonyl (C=O) groups excluding carboxylic acids is 2. The van der Waals surface area contributed by atoms with Crippen molar-refractivity contribution >= 4 is 23.3 Å². The first kappa shape index (κ1) is 15.2. The highest BCUT2D eigenvalue weighted by Gasteiger charge is 2.31. The van der Waals surface area contributed by atoms with E-state index in [4.69, 9.17) is 5.73 Å². The lowest BCUT2D eigenvalue weighted by molar-refractivity contribution is -0.121. The summed E-state index contributed by atoms with van der Waals surface area (Å²) < 4.78 is 0. The van der Waals surface area contributed by atoms with Crippen LogP contribution in [0.5, 0.6) is 0 Å². The van der Waals surface area contributed by atoms with Gasteiger partial charge in [0.25, 0.3) is 0 Å². The maximum absolute atomic E-state index is 12.3. The number of hydrogen-bond donors (Lipinski definition) is 2. The fourth-order valence-corrected chi connectivity index (χ4v) is 2.23. The molecule has 6 heteroatoms. The maximum Gasteiger partial charge on any atom is 0.325 e. The third kappa shape index (κ3) is 3.65. The SMILES string of the molecule is CC(C)CNC(=O)CN1CCN(c2ccccc2N)C1=O. The van der Waals surface area contributed by atoms with Crippen LogP contribution in [0.25, 0.3) is 0 Å². The molecule has 0 spiro atoms. The van der Waals surface area contributed by atoms with Gasteiger partial charge in [0.05, 0.1) is 11.4 Å². The third-order valence-electron chi connectivity index (χ3n) is 3.36. The number of amides is 3. The zero-order valence-electron chi connectivity index (χ0n) is 12.5. The monoisotopic (exact) mass is 290 g/mol. The minimum atomic E-state index is -0.174. The van der Waals surface area contributed by atoms with Gasteiger partial charge in [-0.2, -0.15) is 0 Å². The van der Waals surface area contributed by atoms with Crippen molar-refractivity contribution in [2.45, 2.75) is 13.8 Å². The second kappa shape index (κ2) is 6.47. The van der Waals surface area contributed by atoms with Gasteiger partial charge in [-0.1, -0.05) is 26.0 Å². The van der Waals surface area contributed by atoms with Crippen LogP contribution in [0.15, 0.2) is 24.3 Å². The third-order valence-corrected chi connectivity index (χ3v) is 3.36. The van der Waals surface area contributed by atoms with Gasteiger partial charge in [0.1, 0.15) is 6.54 Å². The summed E-state index contributed by atoms with van der Waals surface area (Å²) in [6, 6.07) is 7.08. The predicted molar refractivity (Wildman–Crippen MR) is 83.0 cm³/mol. The molecule has 3 amide bonds.